The van der Waals surface area contributed by atoms with Gasteiger partial charge in [0.05, 0.1) is 12.2 Å². The Morgan fingerprint density at radius 2 is 2.25 bits per heavy atom. The summed E-state index contributed by atoms with van der Waals surface area (Å²) >= 11 is 0. The Kier molecular flexibility index (Phi) is 3.72. The van der Waals surface area contributed by atoms with E-state index in [-0.39, 0.29) is 11.6 Å². The number of hydrogen-bond donors (Lipinski definition) is 2. The third kappa shape index (κ3) is 2.55. The van der Waals surface area contributed by atoms with E-state index in [0.29, 0.717) is 24.4 Å². The molecule has 0 saturated carbocycles. The molecule has 2 fully saturated rings. The average Bonchev–Trinajstić information content (AvgIpc) is 2.97. The van der Waals surface area contributed by atoms with Crippen molar-refractivity contribution in [1.29, 1.82) is 0 Å². The minimum absolute atomic E-state index is 0.144. The molecule has 0 radical (unpaired) electrons. The van der Waals surface area contributed by atoms with E-state index in [4.69, 9.17) is 0 Å². The quantitative estimate of drug-likeness (QED) is 0.875. The fourth-order valence-corrected chi connectivity index (χ4v) is 3.40. The maximum Gasteiger partial charge on any atom is 0.238 e. The molecule has 5 heteroatoms. The molecule has 1 aromatic carbocycles. The fourth-order valence-electron chi connectivity index (χ4n) is 3.40. The fraction of sp³-hybridized carbons (Fsp3) is 0.533. The van der Waals surface area contributed by atoms with Crippen LogP contribution in [-0.4, -0.2) is 43.0 Å². The standard InChI is InChI=1S/C15H20FN3O/c1-10-12-7-17-6-11(12)8-19(10)9-15(20)18-14-5-3-2-4-13(14)16/h2-5,10-12,17H,6-9H2,1H3,(H,18,20). The first-order valence-electron chi connectivity index (χ1n) is 7.14. The molecular formula is C15H20FN3O. The lowest BCUT2D eigenvalue weighted by Gasteiger charge is -2.23. The summed E-state index contributed by atoms with van der Waals surface area (Å²) < 4.78 is 13.5. The zero-order valence-electron chi connectivity index (χ0n) is 11.6. The van der Waals surface area contributed by atoms with E-state index in [1.165, 1.54) is 6.07 Å². The van der Waals surface area contributed by atoms with Gasteiger partial charge in [0.1, 0.15) is 5.82 Å². The first-order valence-corrected chi connectivity index (χ1v) is 7.14. The molecule has 0 spiro atoms. The zero-order chi connectivity index (χ0) is 14.1. The molecule has 20 heavy (non-hydrogen) atoms. The van der Waals surface area contributed by atoms with Crippen molar-refractivity contribution in [2.24, 2.45) is 11.8 Å². The van der Waals surface area contributed by atoms with Crippen molar-refractivity contribution in [2.45, 2.75) is 13.0 Å². The van der Waals surface area contributed by atoms with Crippen LogP contribution in [0.3, 0.4) is 0 Å². The minimum Gasteiger partial charge on any atom is -0.322 e. The van der Waals surface area contributed by atoms with Crippen molar-refractivity contribution in [3.05, 3.63) is 30.1 Å². The topological polar surface area (TPSA) is 44.4 Å². The third-order valence-electron chi connectivity index (χ3n) is 4.55. The van der Waals surface area contributed by atoms with Crippen molar-refractivity contribution >= 4 is 11.6 Å². The lowest BCUT2D eigenvalue weighted by atomic mass is 9.95. The highest BCUT2D eigenvalue weighted by Gasteiger charge is 2.42. The van der Waals surface area contributed by atoms with E-state index < -0.39 is 5.82 Å². The monoisotopic (exact) mass is 277 g/mol. The van der Waals surface area contributed by atoms with Gasteiger partial charge in [-0.3, -0.25) is 9.69 Å². The molecular weight excluding hydrogens is 257 g/mol. The van der Waals surface area contributed by atoms with Gasteiger partial charge in [0.25, 0.3) is 0 Å². The van der Waals surface area contributed by atoms with Gasteiger partial charge < -0.3 is 10.6 Å². The van der Waals surface area contributed by atoms with E-state index in [0.717, 1.165) is 19.6 Å². The summed E-state index contributed by atoms with van der Waals surface area (Å²) in [6.07, 6.45) is 0. The number of nitrogens with one attached hydrogen (secondary N) is 2. The second kappa shape index (κ2) is 5.50. The van der Waals surface area contributed by atoms with Gasteiger partial charge in [0.15, 0.2) is 0 Å². The van der Waals surface area contributed by atoms with Crippen LogP contribution in [0, 0.1) is 17.7 Å². The molecule has 3 unspecified atom stereocenters. The summed E-state index contributed by atoms with van der Waals surface area (Å²) in [5, 5.41) is 6.05. The summed E-state index contributed by atoms with van der Waals surface area (Å²) in [4.78, 5) is 14.3. The predicted octanol–water partition coefficient (Wildman–Crippen LogP) is 1.30. The zero-order valence-corrected chi connectivity index (χ0v) is 11.6. The summed E-state index contributed by atoms with van der Waals surface area (Å²) in [6, 6.07) is 6.67. The number of carbonyl (C=O) groups excluding carboxylic acids is 1. The number of anilines is 1. The highest BCUT2D eigenvalue weighted by molar-refractivity contribution is 5.92. The lowest BCUT2D eigenvalue weighted by molar-refractivity contribution is -0.117. The van der Waals surface area contributed by atoms with Crippen LogP contribution in [0.15, 0.2) is 24.3 Å². The molecule has 2 saturated heterocycles. The normalized spacial score (nSPS) is 29.4. The number of para-hydroxylation sites is 1. The van der Waals surface area contributed by atoms with Crippen molar-refractivity contribution in [3.8, 4) is 0 Å². The smallest absolute Gasteiger partial charge is 0.238 e. The molecule has 0 aliphatic carbocycles. The van der Waals surface area contributed by atoms with Gasteiger partial charge in [0.2, 0.25) is 5.91 Å². The van der Waals surface area contributed by atoms with Crippen molar-refractivity contribution in [2.75, 3.05) is 31.5 Å². The van der Waals surface area contributed by atoms with Crippen LogP contribution >= 0.6 is 0 Å². The highest BCUT2D eigenvalue weighted by Crippen LogP contribution is 2.31. The number of fused-ring (bicyclic) bond motifs is 1. The van der Waals surface area contributed by atoms with Gasteiger partial charge in [-0.1, -0.05) is 12.1 Å². The maximum absolute atomic E-state index is 13.5. The predicted molar refractivity (Wildman–Crippen MR) is 75.9 cm³/mol. The molecule has 0 aromatic heterocycles. The van der Waals surface area contributed by atoms with Crippen LogP contribution in [0.1, 0.15) is 6.92 Å². The van der Waals surface area contributed by atoms with E-state index in [9.17, 15) is 9.18 Å². The second-order valence-corrected chi connectivity index (χ2v) is 5.78. The van der Waals surface area contributed by atoms with Gasteiger partial charge in [-0.05, 0) is 44.0 Å². The minimum atomic E-state index is -0.392. The number of rotatable bonds is 3. The van der Waals surface area contributed by atoms with Crippen LogP contribution < -0.4 is 10.6 Å². The number of nitrogens with zero attached hydrogens (tertiary/aromatic N) is 1. The SMILES string of the molecule is CC1C2CNCC2CN1CC(=O)Nc1ccccc1F. The number of benzene rings is 1. The van der Waals surface area contributed by atoms with Crippen molar-refractivity contribution < 1.29 is 9.18 Å². The Balaban J connectivity index is 1.59. The molecule has 2 heterocycles. The summed E-state index contributed by atoms with van der Waals surface area (Å²) in [7, 11) is 0. The molecule has 4 nitrogen and oxygen atoms in total. The van der Waals surface area contributed by atoms with Crippen molar-refractivity contribution in [1.82, 2.24) is 10.2 Å². The first kappa shape index (κ1) is 13.5. The Hall–Kier alpha value is -1.46. The van der Waals surface area contributed by atoms with Crippen LogP contribution in [0.5, 0.6) is 0 Å². The Bertz CT molecular complexity index is 508. The van der Waals surface area contributed by atoms with E-state index >= 15 is 0 Å². The van der Waals surface area contributed by atoms with Gasteiger partial charge in [-0.25, -0.2) is 4.39 Å². The Morgan fingerprint density at radius 1 is 1.45 bits per heavy atom. The van der Waals surface area contributed by atoms with Crippen LogP contribution in [-0.2, 0) is 4.79 Å². The molecule has 1 aromatic rings. The molecule has 2 aliphatic rings. The molecule has 1 amide bonds. The number of hydrogen-bond acceptors (Lipinski definition) is 3. The number of carbonyl (C=O) groups is 1. The molecule has 2 N–H and O–H groups in total. The number of halogens is 1. The third-order valence-corrected chi connectivity index (χ3v) is 4.55. The Morgan fingerprint density at radius 3 is 3.00 bits per heavy atom. The van der Waals surface area contributed by atoms with E-state index in [1.54, 1.807) is 18.2 Å². The first-order chi connectivity index (χ1) is 9.65. The summed E-state index contributed by atoms with van der Waals surface area (Å²) in [5.74, 6) is 0.744. The molecule has 3 rings (SSSR count). The Labute approximate surface area is 118 Å². The molecule has 3 atom stereocenters. The summed E-state index contributed by atoms with van der Waals surface area (Å²) in [5.41, 5.74) is 0.256. The number of amides is 1. The average molecular weight is 277 g/mol. The van der Waals surface area contributed by atoms with Crippen LogP contribution in [0.25, 0.3) is 0 Å². The van der Waals surface area contributed by atoms with E-state index in [1.807, 2.05) is 0 Å². The molecule has 108 valence electrons. The second-order valence-electron chi connectivity index (χ2n) is 5.78. The van der Waals surface area contributed by atoms with Gasteiger partial charge >= 0.3 is 0 Å². The van der Waals surface area contributed by atoms with Gasteiger partial charge in [0, 0.05) is 12.6 Å². The maximum atomic E-state index is 13.5. The van der Waals surface area contributed by atoms with E-state index in [2.05, 4.69) is 22.5 Å². The number of likely N-dealkylation sites (tertiary alicyclic amines) is 1. The van der Waals surface area contributed by atoms with Crippen molar-refractivity contribution in [3.63, 3.8) is 0 Å². The summed E-state index contributed by atoms with van der Waals surface area (Å²) in [6.45, 7) is 5.54. The molecule has 0 bridgehead atoms. The lowest BCUT2D eigenvalue weighted by Crippen LogP contribution is -2.39. The molecule has 2 aliphatic heterocycles. The van der Waals surface area contributed by atoms with Gasteiger partial charge in [-0.15, -0.1) is 0 Å². The highest BCUT2D eigenvalue weighted by atomic mass is 19.1. The van der Waals surface area contributed by atoms with Crippen LogP contribution in [0.4, 0.5) is 10.1 Å². The van der Waals surface area contributed by atoms with Crippen LogP contribution in [0.2, 0.25) is 0 Å². The van der Waals surface area contributed by atoms with Gasteiger partial charge in [-0.2, -0.15) is 0 Å². The largest absolute Gasteiger partial charge is 0.322 e.